The maximum absolute atomic E-state index is 12.8. The number of rotatable bonds is 4. The highest BCUT2D eigenvalue weighted by molar-refractivity contribution is 7.11. The van der Waals surface area contributed by atoms with E-state index < -0.39 is 19.1 Å². The van der Waals surface area contributed by atoms with Gasteiger partial charge in [0.2, 0.25) is 0 Å². The first kappa shape index (κ1) is 11.2. The molecule has 0 aliphatic heterocycles. The molecule has 2 rings (SSSR count). The third kappa shape index (κ3) is 2.28. The zero-order valence-corrected chi connectivity index (χ0v) is 9.10. The van der Waals surface area contributed by atoms with Gasteiger partial charge in [-0.15, -0.1) is 0 Å². The Balaban J connectivity index is 2.16. The molecule has 0 fully saturated rings. The van der Waals surface area contributed by atoms with Gasteiger partial charge in [0.25, 0.3) is 5.92 Å². The first-order valence-corrected chi connectivity index (χ1v) is 5.47. The summed E-state index contributed by atoms with van der Waals surface area (Å²) in [7, 11) is 0. The van der Waals surface area contributed by atoms with E-state index >= 15 is 0 Å². The summed E-state index contributed by atoms with van der Waals surface area (Å²) in [5.74, 6) is -3.11. The van der Waals surface area contributed by atoms with E-state index in [1.807, 2.05) is 24.3 Å². The summed E-state index contributed by atoms with van der Waals surface area (Å²) in [5.41, 5.74) is 0.780. The molecule has 0 spiro atoms. The molecular weight excluding hydrogens is 234 g/mol. The second-order valence-electron chi connectivity index (χ2n) is 3.40. The Hall–Kier alpha value is -1.27. The molecule has 86 valence electrons. The molecule has 0 bridgehead atoms. The lowest BCUT2D eigenvalue weighted by Crippen LogP contribution is -2.30. The van der Waals surface area contributed by atoms with Gasteiger partial charge in [0, 0.05) is 5.39 Å². The number of alkyl halides is 2. The van der Waals surface area contributed by atoms with Gasteiger partial charge in [-0.25, -0.2) is 8.78 Å². The number of halogens is 2. The molecule has 0 aliphatic rings. The van der Waals surface area contributed by atoms with Crippen molar-refractivity contribution in [3.05, 3.63) is 24.3 Å². The number of aromatic nitrogens is 1. The van der Waals surface area contributed by atoms with Crippen LogP contribution in [0.2, 0.25) is 0 Å². The predicted octanol–water partition coefficient (Wildman–Crippen LogP) is 2.34. The zero-order valence-electron chi connectivity index (χ0n) is 8.28. The Kier molecular flexibility index (Phi) is 3.02. The van der Waals surface area contributed by atoms with E-state index in [0.717, 1.165) is 22.4 Å². The molecule has 3 nitrogen and oxygen atoms in total. The topological polar surface area (TPSA) is 45.1 Å². The Morgan fingerprint density at radius 2 is 2.12 bits per heavy atom. The van der Waals surface area contributed by atoms with Crippen LogP contribution in [0.25, 0.3) is 10.9 Å². The molecule has 1 aromatic heterocycles. The quantitative estimate of drug-likeness (QED) is 0.867. The van der Waals surface area contributed by atoms with E-state index in [-0.39, 0.29) is 0 Å². The number of nitrogens with one attached hydrogen (secondary N) is 1. The molecule has 0 unspecified atom stereocenters. The number of anilines is 1. The molecule has 0 atom stereocenters. The normalized spacial score (nSPS) is 11.9. The van der Waals surface area contributed by atoms with E-state index in [2.05, 4.69) is 9.69 Å². The van der Waals surface area contributed by atoms with E-state index in [4.69, 9.17) is 5.11 Å². The van der Waals surface area contributed by atoms with Crippen LogP contribution in [0.15, 0.2) is 24.3 Å². The molecule has 0 saturated carbocycles. The molecule has 1 heterocycles. The second kappa shape index (κ2) is 4.31. The first-order valence-electron chi connectivity index (χ1n) is 4.69. The van der Waals surface area contributed by atoms with Gasteiger partial charge in [0.1, 0.15) is 11.6 Å². The Bertz CT molecular complexity index is 486. The average molecular weight is 244 g/mol. The van der Waals surface area contributed by atoms with Crippen LogP contribution in [0.5, 0.6) is 0 Å². The third-order valence-corrected chi connectivity index (χ3v) is 2.96. The summed E-state index contributed by atoms with van der Waals surface area (Å²) in [6.45, 7) is -1.74. The van der Waals surface area contributed by atoms with Gasteiger partial charge >= 0.3 is 0 Å². The SMILES string of the molecule is OCC(F)(F)CNc1snc2ccccc12. The van der Waals surface area contributed by atoms with Crippen LogP contribution in [0.4, 0.5) is 13.8 Å². The van der Waals surface area contributed by atoms with Crippen LogP contribution >= 0.6 is 11.5 Å². The summed E-state index contributed by atoms with van der Waals surface area (Å²) in [6.07, 6.45) is 0. The van der Waals surface area contributed by atoms with E-state index in [0.29, 0.717) is 5.00 Å². The molecule has 0 amide bonds. The minimum atomic E-state index is -3.11. The van der Waals surface area contributed by atoms with Gasteiger partial charge in [-0.2, -0.15) is 4.37 Å². The predicted molar refractivity (Wildman–Crippen MR) is 60.1 cm³/mol. The molecule has 1 aromatic carbocycles. The van der Waals surface area contributed by atoms with Gasteiger partial charge in [-0.05, 0) is 23.7 Å². The van der Waals surface area contributed by atoms with Crippen molar-refractivity contribution in [1.82, 2.24) is 4.37 Å². The lowest BCUT2D eigenvalue weighted by atomic mass is 10.2. The van der Waals surface area contributed by atoms with Crippen LogP contribution in [0.1, 0.15) is 0 Å². The van der Waals surface area contributed by atoms with Crippen molar-refractivity contribution in [3.8, 4) is 0 Å². The highest BCUT2D eigenvalue weighted by atomic mass is 32.1. The average Bonchev–Trinajstić information content (AvgIpc) is 2.70. The van der Waals surface area contributed by atoms with Crippen molar-refractivity contribution in [1.29, 1.82) is 0 Å². The third-order valence-electron chi connectivity index (χ3n) is 2.12. The van der Waals surface area contributed by atoms with Gasteiger partial charge in [-0.1, -0.05) is 12.1 Å². The van der Waals surface area contributed by atoms with Gasteiger partial charge in [-0.3, -0.25) is 0 Å². The Labute approximate surface area is 94.9 Å². The zero-order chi connectivity index (χ0) is 11.6. The molecule has 0 saturated heterocycles. The second-order valence-corrected chi connectivity index (χ2v) is 4.17. The van der Waals surface area contributed by atoms with Crippen LogP contribution in [-0.4, -0.2) is 28.6 Å². The van der Waals surface area contributed by atoms with Crippen LogP contribution in [-0.2, 0) is 0 Å². The first-order chi connectivity index (χ1) is 7.62. The van der Waals surface area contributed by atoms with Crippen molar-refractivity contribution < 1.29 is 13.9 Å². The van der Waals surface area contributed by atoms with Crippen molar-refractivity contribution in [2.24, 2.45) is 0 Å². The Morgan fingerprint density at radius 3 is 2.88 bits per heavy atom. The fraction of sp³-hybridized carbons (Fsp3) is 0.300. The van der Waals surface area contributed by atoms with Gasteiger partial charge in [0.15, 0.2) is 0 Å². The van der Waals surface area contributed by atoms with Gasteiger partial charge < -0.3 is 10.4 Å². The number of aliphatic hydroxyl groups excluding tert-OH is 1. The van der Waals surface area contributed by atoms with E-state index in [1.54, 1.807) is 0 Å². The number of hydrogen-bond acceptors (Lipinski definition) is 4. The summed E-state index contributed by atoms with van der Waals surface area (Å²) in [5, 5.41) is 12.5. The molecule has 6 heteroatoms. The minimum Gasteiger partial charge on any atom is -0.390 e. The maximum Gasteiger partial charge on any atom is 0.287 e. The molecule has 2 aromatic rings. The van der Waals surface area contributed by atoms with Crippen LogP contribution in [0.3, 0.4) is 0 Å². The molecule has 16 heavy (non-hydrogen) atoms. The van der Waals surface area contributed by atoms with Gasteiger partial charge in [0.05, 0.1) is 12.1 Å². The monoisotopic (exact) mass is 244 g/mol. The van der Waals surface area contributed by atoms with Crippen molar-refractivity contribution >= 4 is 27.4 Å². The largest absolute Gasteiger partial charge is 0.390 e. The maximum atomic E-state index is 12.8. The fourth-order valence-corrected chi connectivity index (χ4v) is 2.04. The van der Waals surface area contributed by atoms with Crippen LogP contribution in [0, 0.1) is 0 Å². The summed E-state index contributed by atoms with van der Waals surface area (Å²) < 4.78 is 29.8. The summed E-state index contributed by atoms with van der Waals surface area (Å²) in [6, 6.07) is 7.31. The van der Waals surface area contributed by atoms with Crippen molar-refractivity contribution in [2.75, 3.05) is 18.5 Å². The summed E-state index contributed by atoms with van der Waals surface area (Å²) >= 11 is 1.14. The lowest BCUT2D eigenvalue weighted by Gasteiger charge is -2.13. The molecule has 2 N–H and O–H groups in total. The Morgan fingerprint density at radius 1 is 1.38 bits per heavy atom. The van der Waals surface area contributed by atoms with Crippen molar-refractivity contribution in [3.63, 3.8) is 0 Å². The number of benzene rings is 1. The summed E-state index contributed by atoms with van der Waals surface area (Å²) in [4.78, 5) is 0. The number of aliphatic hydroxyl groups is 1. The van der Waals surface area contributed by atoms with Crippen LogP contribution < -0.4 is 5.32 Å². The minimum absolute atomic E-state index is 0.588. The standard InChI is InChI=1S/C10H10F2N2OS/c11-10(12,6-15)5-13-9-7-3-1-2-4-8(7)14-16-9/h1-4,13,15H,5-6H2. The van der Waals surface area contributed by atoms with E-state index in [9.17, 15) is 8.78 Å². The molecule has 0 aliphatic carbocycles. The number of hydrogen-bond donors (Lipinski definition) is 2. The molecule has 0 radical (unpaired) electrons. The molecular formula is C10H10F2N2OS. The number of nitrogens with zero attached hydrogens (tertiary/aromatic N) is 1. The number of fused-ring (bicyclic) bond motifs is 1. The lowest BCUT2D eigenvalue weighted by molar-refractivity contribution is -0.0372. The highest BCUT2D eigenvalue weighted by Gasteiger charge is 2.27. The smallest absolute Gasteiger partial charge is 0.287 e. The van der Waals surface area contributed by atoms with Crippen molar-refractivity contribution in [2.45, 2.75) is 5.92 Å². The fourth-order valence-electron chi connectivity index (χ4n) is 1.28. The van der Waals surface area contributed by atoms with E-state index in [1.165, 1.54) is 0 Å². The highest BCUT2D eigenvalue weighted by Crippen LogP contribution is 2.28.